The van der Waals surface area contributed by atoms with Gasteiger partial charge >= 0.3 is 0 Å². The van der Waals surface area contributed by atoms with Crippen LogP contribution in [0.25, 0.3) is 0 Å². The summed E-state index contributed by atoms with van der Waals surface area (Å²) in [7, 11) is 0. The smallest absolute Gasteiger partial charge is 0.269 e. The number of rotatable bonds is 6. The van der Waals surface area contributed by atoms with Crippen LogP contribution < -0.4 is 10.4 Å². The average molecular weight is 354 g/mol. The number of amides is 1. The van der Waals surface area contributed by atoms with Gasteiger partial charge in [-0.15, -0.1) is 0 Å². The van der Waals surface area contributed by atoms with Gasteiger partial charge in [-0.25, -0.2) is 0 Å². The van der Waals surface area contributed by atoms with Gasteiger partial charge in [0.15, 0.2) is 0 Å². The van der Waals surface area contributed by atoms with Crippen molar-refractivity contribution in [2.24, 2.45) is 5.92 Å². The Hall–Kier alpha value is -2.15. The molecule has 1 fully saturated rings. The van der Waals surface area contributed by atoms with Crippen LogP contribution >= 0.6 is 11.6 Å². The average Bonchev–Trinajstić information content (AvgIpc) is 2.54. The molecule has 0 bridgehead atoms. The molecule has 0 radical (unpaired) electrons. The third-order valence-corrected chi connectivity index (χ3v) is 4.57. The van der Waals surface area contributed by atoms with E-state index in [1.54, 1.807) is 0 Å². The summed E-state index contributed by atoms with van der Waals surface area (Å²) in [6.45, 7) is 0. The molecule has 1 aromatic rings. The molecule has 0 saturated heterocycles. The second-order valence-corrected chi connectivity index (χ2v) is 6.34. The monoisotopic (exact) mass is 353 g/mol. The first-order valence-electron chi connectivity index (χ1n) is 7.82. The van der Waals surface area contributed by atoms with Crippen molar-refractivity contribution in [2.45, 2.75) is 44.6 Å². The lowest BCUT2D eigenvalue weighted by Gasteiger charge is -2.26. The van der Waals surface area contributed by atoms with Gasteiger partial charge in [-0.05, 0) is 18.9 Å². The highest BCUT2D eigenvalue weighted by atomic mass is 35.5. The molecule has 130 valence electrons. The van der Waals surface area contributed by atoms with Gasteiger partial charge in [0.2, 0.25) is 5.91 Å². The maximum atomic E-state index is 12.4. The number of aliphatic carboxylic acids is 1. The van der Waals surface area contributed by atoms with Crippen LogP contribution in [0.15, 0.2) is 18.2 Å². The van der Waals surface area contributed by atoms with Crippen molar-refractivity contribution in [1.29, 1.82) is 0 Å². The summed E-state index contributed by atoms with van der Waals surface area (Å²) >= 11 is 6.06. The van der Waals surface area contributed by atoms with E-state index >= 15 is 0 Å². The summed E-state index contributed by atoms with van der Waals surface area (Å²) in [4.78, 5) is 33.8. The van der Waals surface area contributed by atoms with Gasteiger partial charge in [-0.1, -0.05) is 30.9 Å². The van der Waals surface area contributed by atoms with Gasteiger partial charge in [0.1, 0.15) is 0 Å². The largest absolute Gasteiger partial charge is 0.550 e. The van der Waals surface area contributed by atoms with Crippen LogP contribution in [0.3, 0.4) is 0 Å². The zero-order valence-electron chi connectivity index (χ0n) is 13.0. The van der Waals surface area contributed by atoms with E-state index in [1.807, 2.05) is 0 Å². The molecule has 1 aromatic carbocycles. The van der Waals surface area contributed by atoms with Crippen LogP contribution in [0.1, 0.15) is 50.1 Å². The standard InChI is InChI=1S/C16H19ClN2O5/c17-13-7-6-11(19(23)24)8-12(13)14(9-15(20)21)18-16(22)10-4-2-1-3-5-10/h6-8,10,14H,1-5,9H2,(H,18,22)(H,20,21)/p-1/t14-/m0/s1. The topological polar surface area (TPSA) is 112 Å². The number of halogens is 1. The Labute approximate surface area is 144 Å². The highest BCUT2D eigenvalue weighted by Crippen LogP contribution is 2.30. The second kappa shape index (κ2) is 8.10. The molecule has 1 aliphatic carbocycles. The fourth-order valence-corrected chi connectivity index (χ4v) is 3.22. The Balaban J connectivity index is 2.24. The molecule has 24 heavy (non-hydrogen) atoms. The molecule has 7 nitrogen and oxygen atoms in total. The molecule has 0 aromatic heterocycles. The Morgan fingerprint density at radius 1 is 1.29 bits per heavy atom. The summed E-state index contributed by atoms with van der Waals surface area (Å²) in [5.74, 6) is -1.78. The number of hydrogen-bond acceptors (Lipinski definition) is 5. The van der Waals surface area contributed by atoms with Crippen LogP contribution in [-0.2, 0) is 9.59 Å². The van der Waals surface area contributed by atoms with Gasteiger partial charge in [-0.3, -0.25) is 14.9 Å². The van der Waals surface area contributed by atoms with Gasteiger partial charge in [0.25, 0.3) is 5.69 Å². The minimum absolute atomic E-state index is 0.163. The number of nitrogens with one attached hydrogen (secondary N) is 1. The minimum Gasteiger partial charge on any atom is -0.550 e. The number of benzene rings is 1. The van der Waals surface area contributed by atoms with Gasteiger partial charge in [-0.2, -0.15) is 0 Å². The van der Waals surface area contributed by atoms with E-state index in [1.165, 1.54) is 18.2 Å². The van der Waals surface area contributed by atoms with Crippen LogP contribution in [0.4, 0.5) is 5.69 Å². The van der Waals surface area contributed by atoms with Crippen molar-refractivity contribution in [2.75, 3.05) is 0 Å². The van der Waals surface area contributed by atoms with E-state index in [9.17, 15) is 24.8 Å². The van der Waals surface area contributed by atoms with Crippen molar-refractivity contribution in [1.82, 2.24) is 5.32 Å². The molecule has 1 saturated carbocycles. The van der Waals surface area contributed by atoms with Crippen LogP contribution in [0.5, 0.6) is 0 Å². The number of carbonyl (C=O) groups is 2. The van der Waals surface area contributed by atoms with Crippen molar-refractivity contribution in [3.8, 4) is 0 Å². The molecule has 0 spiro atoms. The predicted molar refractivity (Wildman–Crippen MR) is 85.2 cm³/mol. The molecule has 1 N–H and O–H groups in total. The maximum Gasteiger partial charge on any atom is 0.269 e. The second-order valence-electron chi connectivity index (χ2n) is 5.94. The van der Waals surface area contributed by atoms with Gasteiger partial charge in [0, 0.05) is 41.0 Å². The highest BCUT2D eigenvalue weighted by Gasteiger charge is 2.26. The lowest BCUT2D eigenvalue weighted by Crippen LogP contribution is -2.38. The van der Waals surface area contributed by atoms with Crippen LogP contribution in [0, 0.1) is 16.0 Å². The van der Waals surface area contributed by atoms with Gasteiger partial charge in [0.05, 0.1) is 11.0 Å². The Morgan fingerprint density at radius 2 is 1.96 bits per heavy atom. The zero-order chi connectivity index (χ0) is 17.7. The normalized spacial score (nSPS) is 16.4. The fraction of sp³-hybridized carbons (Fsp3) is 0.500. The summed E-state index contributed by atoms with van der Waals surface area (Å²) in [6.07, 6.45) is 4.02. The summed E-state index contributed by atoms with van der Waals surface area (Å²) in [6, 6.07) is 2.78. The lowest BCUT2D eigenvalue weighted by atomic mass is 9.88. The molecule has 0 aliphatic heterocycles. The van der Waals surface area contributed by atoms with Crippen molar-refractivity contribution in [3.63, 3.8) is 0 Å². The van der Waals surface area contributed by atoms with E-state index < -0.39 is 23.4 Å². The van der Waals surface area contributed by atoms with E-state index in [0.29, 0.717) is 0 Å². The summed E-state index contributed by atoms with van der Waals surface area (Å²) in [5.41, 5.74) is -0.0103. The number of nitrogens with zero attached hydrogens (tertiary/aromatic N) is 1. The number of nitro groups is 1. The van der Waals surface area contributed by atoms with Crippen molar-refractivity contribution >= 4 is 29.2 Å². The third kappa shape index (κ3) is 4.67. The quantitative estimate of drug-likeness (QED) is 0.621. The van der Waals surface area contributed by atoms with E-state index in [-0.39, 0.29) is 28.1 Å². The van der Waals surface area contributed by atoms with Crippen LogP contribution in [-0.4, -0.2) is 16.8 Å². The maximum absolute atomic E-state index is 12.4. The van der Waals surface area contributed by atoms with E-state index in [0.717, 1.165) is 32.1 Å². The highest BCUT2D eigenvalue weighted by molar-refractivity contribution is 6.31. The SMILES string of the molecule is O=C([O-])C[C@H](NC(=O)C1CCCCC1)c1cc([N+](=O)[O-])ccc1Cl. The molecular formula is C16H18ClN2O5-. The Kier molecular flexibility index (Phi) is 6.14. The number of carboxylic acids is 1. The number of carbonyl (C=O) groups excluding carboxylic acids is 2. The number of non-ortho nitro benzene ring substituents is 1. The summed E-state index contributed by atoms with van der Waals surface area (Å²) < 4.78 is 0. The molecule has 2 rings (SSSR count). The lowest BCUT2D eigenvalue weighted by molar-refractivity contribution is -0.385. The molecular weight excluding hydrogens is 336 g/mol. The molecule has 0 unspecified atom stereocenters. The number of nitro benzene ring substituents is 1. The number of hydrogen-bond donors (Lipinski definition) is 1. The fourth-order valence-electron chi connectivity index (χ4n) is 2.97. The summed E-state index contributed by atoms with van der Waals surface area (Å²) in [5, 5.41) is 24.8. The Bertz CT molecular complexity index is 643. The van der Waals surface area contributed by atoms with Gasteiger partial charge < -0.3 is 15.2 Å². The third-order valence-electron chi connectivity index (χ3n) is 4.23. The minimum atomic E-state index is -1.37. The molecule has 1 aliphatic rings. The predicted octanol–water partition coefficient (Wildman–Crippen LogP) is 2.13. The molecule has 1 amide bonds. The van der Waals surface area contributed by atoms with E-state index in [4.69, 9.17) is 11.6 Å². The first kappa shape index (κ1) is 18.2. The molecule has 1 atom stereocenters. The van der Waals surface area contributed by atoms with E-state index in [2.05, 4.69) is 5.32 Å². The van der Waals surface area contributed by atoms with Crippen molar-refractivity contribution in [3.05, 3.63) is 38.9 Å². The van der Waals surface area contributed by atoms with Crippen molar-refractivity contribution < 1.29 is 19.6 Å². The number of carboxylic acid groups (broad SMARTS) is 1. The first-order chi connectivity index (χ1) is 11.4. The zero-order valence-corrected chi connectivity index (χ0v) is 13.8. The molecule has 8 heteroatoms. The van der Waals surface area contributed by atoms with Crippen LogP contribution in [0.2, 0.25) is 5.02 Å². The first-order valence-corrected chi connectivity index (χ1v) is 8.20. The molecule has 0 heterocycles. The Morgan fingerprint density at radius 3 is 2.54 bits per heavy atom.